The van der Waals surface area contributed by atoms with Crippen LogP contribution in [0.2, 0.25) is 0 Å². The summed E-state index contributed by atoms with van der Waals surface area (Å²) in [6, 6.07) is 0. The minimum atomic E-state index is -0.769. The molecule has 28 heavy (non-hydrogen) atoms. The second-order valence-corrected chi connectivity index (χ2v) is 5.50. The van der Waals surface area contributed by atoms with Crippen LogP contribution in [0.5, 0.6) is 0 Å². The molecule has 0 saturated carbocycles. The number of halogens is 2. The summed E-state index contributed by atoms with van der Waals surface area (Å²) >= 11 is 5.50. The molecule has 2 N–H and O–H groups in total. The molecule has 0 aromatic rings. The van der Waals surface area contributed by atoms with Crippen LogP contribution in [0, 0.1) is 0 Å². The SMILES string of the molecule is C=C/C=C\C(=C\C(=O)NCCC(=C)NC(=O)CO/C=C/C=C(/Cl)C(=C)F)OC. The first kappa shape index (κ1) is 24.9. The van der Waals surface area contributed by atoms with Crippen molar-refractivity contribution in [1.82, 2.24) is 10.6 Å². The molecule has 0 aliphatic carbocycles. The molecule has 0 saturated heterocycles. The predicted molar refractivity (Wildman–Crippen MR) is 109 cm³/mol. The van der Waals surface area contributed by atoms with Gasteiger partial charge in [0.2, 0.25) is 5.91 Å². The number of carbonyl (C=O) groups is 2. The van der Waals surface area contributed by atoms with Crippen LogP contribution in [0.3, 0.4) is 0 Å². The molecule has 0 unspecified atom stereocenters. The van der Waals surface area contributed by atoms with Gasteiger partial charge < -0.3 is 20.1 Å². The molecule has 0 spiro atoms. The zero-order valence-corrected chi connectivity index (χ0v) is 16.4. The highest BCUT2D eigenvalue weighted by Crippen LogP contribution is 2.12. The number of carbonyl (C=O) groups excluding carboxylic acids is 2. The van der Waals surface area contributed by atoms with Gasteiger partial charge in [0.15, 0.2) is 6.61 Å². The monoisotopic (exact) mass is 410 g/mol. The van der Waals surface area contributed by atoms with Gasteiger partial charge in [-0.05, 0) is 18.2 Å². The van der Waals surface area contributed by atoms with E-state index in [0.29, 0.717) is 17.9 Å². The summed E-state index contributed by atoms with van der Waals surface area (Å²) in [5, 5.41) is 5.01. The number of amides is 2. The average molecular weight is 411 g/mol. The lowest BCUT2D eigenvalue weighted by molar-refractivity contribution is -0.123. The molecular weight excluding hydrogens is 387 g/mol. The molecule has 0 aliphatic rings. The third-order valence-corrected chi connectivity index (χ3v) is 3.17. The molecule has 0 bridgehead atoms. The fourth-order valence-electron chi connectivity index (χ4n) is 1.54. The van der Waals surface area contributed by atoms with E-state index in [9.17, 15) is 14.0 Å². The van der Waals surface area contributed by atoms with Crippen molar-refractivity contribution in [2.75, 3.05) is 20.3 Å². The lowest BCUT2D eigenvalue weighted by Crippen LogP contribution is -2.29. The number of ether oxygens (including phenoxy) is 2. The third kappa shape index (κ3) is 13.2. The van der Waals surface area contributed by atoms with Crippen LogP contribution >= 0.6 is 11.6 Å². The van der Waals surface area contributed by atoms with E-state index in [0.717, 1.165) is 0 Å². The zero-order chi connectivity index (χ0) is 21.4. The minimum Gasteiger partial charge on any atom is -0.497 e. The summed E-state index contributed by atoms with van der Waals surface area (Å²) in [6.45, 7) is 10.3. The maximum atomic E-state index is 12.6. The van der Waals surface area contributed by atoms with Crippen molar-refractivity contribution in [2.45, 2.75) is 6.42 Å². The number of rotatable bonds is 13. The van der Waals surface area contributed by atoms with E-state index in [2.05, 4.69) is 30.4 Å². The smallest absolute Gasteiger partial charge is 0.261 e. The van der Waals surface area contributed by atoms with E-state index in [1.165, 1.54) is 31.6 Å². The standard InChI is InChI=1S/C20H24ClFN2O4/c1-5-6-8-17(27-4)13-19(25)23-11-10-15(2)24-20(26)14-28-12-7-9-18(21)16(3)22/h5-9,12-13H,1-3,10-11,14H2,4H3,(H,23,25)(H,24,26)/b8-6-,12-7+,17-13-,18-9+. The Hall–Kier alpha value is -3.06. The Balaban J connectivity index is 4.15. The van der Waals surface area contributed by atoms with Gasteiger partial charge >= 0.3 is 0 Å². The molecule has 0 rings (SSSR count). The van der Waals surface area contributed by atoms with Gasteiger partial charge in [-0.1, -0.05) is 43.5 Å². The first-order valence-corrected chi connectivity index (χ1v) is 8.46. The highest BCUT2D eigenvalue weighted by Gasteiger charge is 2.04. The Bertz CT molecular complexity index is 709. The van der Waals surface area contributed by atoms with Crippen molar-refractivity contribution >= 4 is 23.4 Å². The molecule has 0 heterocycles. The van der Waals surface area contributed by atoms with Gasteiger partial charge in [-0.25, -0.2) is 4.39 Å². The molecule has 0 aromatic carbocycles. The summed E-state index contributed by atoms with van der Waals surface area (Å²) in [7, 11) is 1.45. The number of hydrogen-bond donors (Lipinski definition) is 2. The van der Waals surface area contributed by atoms with Gasteiger partial charge in [0, 0.05) is 24.7 Å². The Morgan fingerprint density at radius 1 is 1.25 bits per heavy atom. The van der Waals surface area contributed by atoms with Gasteiger partial charge in [0.1, 0.15) is 11.6 Å². The summed E-state index contributed by atoms with van der Waals surface area (Å²) in [6.07, 6.45) is 10.2. The molecule has 8 heteroatoms. The largest absolute Gasteiger partial charge is 0.497 e. The zero-order valence-electron chi connectivity index (χ0n) is 15.7. The molecular formula is C20H24ClFN2O4. The number of hydrogen-bond acceptors (Lipinski definition) is 4. The maximum Gasteiger partial charge on any atom is 0.261 e. The fraction of sp³-hybridized carbons (Fsp3) is 0.200. The van der Waals surface area contributed by atoms with E-state index in [1.54, 1.807) is 18.2 Å². The van der Waals surface area contributed by atoms with E-state index >= 15 is 0 Å². The van der Waals surface area contributed by atoms with Gasteiger partial charge in [-0.3, -0.25) is 9.59 Å². The molecule has 0 atom stereocenters. The van der Waals surface area contributed by atoms with Crippen LogP contribution in [0.15, 0.2) is 84.8 Å². The molecule has 152 valence electrons. The Morgan fingerprint density at radius 3 is 2.57 bits per heavy atom. The Morgan fingerprint density at radius 2 is 1.96 bits per heavy atom. The summed E-state index contributed by atoms with van der Waals surface area (Å²) in [4.78, 5) is 23.4. The van der Waals surface area contributed by atoms with Crippen LogP contribution in [0.1, 0.15) is 6.42 Å². The minimum absolute atomic E-state index is 0.163. The van der Waals surface area contributed by atoms with E-state index < -0.39 is 11.7 Å². The molecule has 0 aromatic heterocycles. The van der Waals surface area contributed by atoms with Crippen molar-refractivity contribution in [3.63, 3.8) is 0 Å². The topological polar surface area (TPSA) is 76.7 Å². The van der Waals surface area contributed by atoms with Crippen molar-refractivity contribution in [3.8, 4) is 0 Å². The highest BCUT2D eigenvalue weighted by atomic mass is 35.5. The summed E-state index contributed by atoms with van der Waals surface area (Å²) in [5.41, 5.74) is 0.414. The molecule has 6 nitrogen and oxygen atoms in total. The van der Waals surface area contributed by atoms with Gasteiger partial charge in [0.05, 0.1) is 18.4 Å². The first-order chi connectivity index (χ1) is 13.3. The van der Waals surface area contributed by atoms with Crippen LogP contribution < -0.4 is 10.6 Å². The van der Waals surface area contributed by atoms with Crippen LogP contribution in [-0.4, -0.2) is 32.1 Å². The lowest BCUT2D eigenvalue weighted by atomic mass is 10.3. The van der Waals surface area contributed by atoms with E-state index in [1.807, 2.05) is 0 Å². The first-order valence-electron chi connectivity index (χ1n) is 8.09. The Kier molecular flexibility index (Phi) is 13.4. The van der Waals surface area contributed by atoms with Gasteiger partial charge in [0.25, 0.3) is 5.91 Å². The second kappa shape index (κ2) is 15.0. The fourth-order valence-corrected chi connectivity index (χ4v) is 1.62. The second-order valence-electron chi connectivity index (χ2n) is 5.10. The van der Waals surface area contributed by atoms with Gasteiger partial charge in [-0.2, -0.15) is 0 Å². The normalized spacial score (nSPS) is 12.0. The quantitative estimate of drug-likeness (QED) is 0.276. The molecule has 0 fully saturated rings. The third-order valence-electron chi connectivity index (χ3n) is 2.84. The van der Waals surface area contributed by atoms with Crippen molar-refractivity contribution in [2.24, 2.45) is 0 Å². The average Bonchev–Trinajstić information content (AvgIpc) is 2.64. The van der Waals surface area contributed by atoms with Crippen LogP contribution in [0.25, 0.3) is 0 Å². The highest BCUT2D eigenvalue weighted by molar-refractivity contribution is 6.31. The number of allylic oxidation sites excluding steroid dienone is 7. The van der Waals surface area contributed by atoms with Crippen molar-refractivity contribution < 1.29 is 23.5 Å². The van der Waals surface area contributed by atoms with Crippen molar-refractivity contribution in [3.05, 3.63) is 84.8 Å². The summed E-state index contributed by atoms with van der Waals surface area (Å²) < 4.78 is 22.6. The lowest BCUT2D eigenvalue weighted by Gasteiger charge is -2.08. The van der Waals surface area contributed by atoms with E-state index in [4.69, 9.17) is 21.1 Å². The Labute approximate surface area is 169 Å². The van der Waals surface area contributed by atoms with Crippen LogP contribution in [0.4, 0.5) is 4.39 Å². The number of nitrogens with one attached hydrogen (secondary N) is 2. The van der Waals surface area contributed by atoms with E-state index in [-0.39, 0.29) is 24.1 Å². The molecule has 0 radical (unpaired) electrons. The van der Waals surface area contributed by atoms with Crippen molar-refractivity contribution in [1.29, 1.82) is 0 Å². The van der Waals surface area contributed by atoms with Gasteiger partial charge in [-0.15, -0.1) is 0 Å². The summed E-state index contributed by atoms with van der Waals surface area (Å²) in [5.74, 6) is -1.17. The predicted octanol–water partition coefficient (Wildman–Crippen LogP) is 3.53. The number of methoxy groups -OCH3 is 1. The van der Waals surface area contributed by atoms with Crippen LogP contribution in [-0.2, 0) is 19.1 Å². The maximum absolute atomic E-state index is 12.6. The molecule has 2 amide bonds. The molecule has 0 aliphatic heterocycles.